The van der Waals surface area contributed by atoms with Gasteiger partial charge in [0.2, 0.25) is 0 Å². The minimum absolute atomic E-state index is 0.245. The van der Waals surface area contributed by atoms with E-state index in [0.717, 1.165) is 11.5 Å². The van der Waals surface area contributed by atoms with Gasteiger partial charge in [0.1, 0.15) is 4.88 Å². The molecule has 1 amide bonds. The summed E-state index contributed by atoms with van der Waals surface area (Å²) in [6.45, 7) is 5.91. The number of amides is 1. The second-order valence-electron chi connectivity index (χ2n) is 5.85. The molecular formula is C13H17N3O3S. The smallest absolute Gasteiger partial charge is 0.310 e. The van der Waals surface area contributed by atoms with Crippen molar-refractivity contribution in [2.75, 3.05) is 0 Å². The molecule has 0 aromatic carbocycles. The summed E-state index contributed by atoms with van der Waals surface area (Å²) in [5.41, 5.74) is 0.408. The van der Waals surface area contributed by atoms with Crippen LogP contribution in [0.25, 0.3) is 0 Å². The molecule has 0 fully saturated rings. The molecule has 2 rings (SSSR count). The van der Waals surface area contributed by atoms with Crippen LogP contribution >= 0.6 is 11.5 Å². The molecule has 7 heteroatoms. The molecule has 2 unspecified atom stereocenters. The van der Waals surface area contributed by atoms with E-state index >= 15 is 0 Å². The van der Waals surface area contributed by atoms with Gasteiger partial charge in [-0.05, 0) is 18.0 Å². The van der Waals surface area contributed by atoms with Crippen LogP contribution in [0.5, 0.6) is 0 Å². The maximum absolute atomic E-state index is 12.2. The first-order valence-electron chi connectivity index (χ1n) is 6.34. The number of carboxylic acid groups (broad SMARTS) is 1. The number of hydrogen-bond acceptors (Lipinski definition) is 5. The molecule has 1 heterocycles. The third-order valence-electron chi connectivity index (χ3n) is 3.12. The molecule has 0 saturated heterocycles. The van der Waals surface area contributed by atoms with E-state index in [0.29, 0.717) is 17.0 Å². The van der Waals surface area contributed by atoms with Gasteiger partial charge in [-0.15, -0.1) is 5.10 Å². The molecule has 1 aromatic heterocycles. The van der Waals surface area contributed by atoms with Crippen molar-refractivity contribution in [2.45, 2.75) is 38.6 Å². The third-order valence-corrected chi connectivity index (χ3v) is 3.85. The second-order valence-corrected chi connectivity index (χ2v) is 6.60. The van der Waals surface area contributed by atoms with Crippen LogP contribution in [-0.2, 0) is 10.2 Å². The molecule has 1 aliphatic rings. The van der Waals surface area contributed by atoms with Gasteiger partial charge in [-0.1, -0.05) is 37.4 Å². The van der Waals surface area contributed by atoms with E-state index in [1.165, 1.54) is 0 Å². The summed E-state index contributed by atoms with van der Waals surface area (Å²) >= 11 is 1.06. The topological polar surface area (TPSA) is 92.2 Å². The van der Waals surface area contributed by atoms with Gasteiger partial charge >= 0.3 is 5.97 Å². The number of nitrogens with one attached hydrogen (secondary N) is 1. The summed E-state index contributed by atoms with van der Waals surface area (Å²) in [7, 11) is 0. The van der Waals surface area contributed by atoms with Crippen molar-refractivity contribution in [3.05, 3.63) is 22.7 Å². The second kappa shape index (κ2) is 5.32. The Hall–Kier alpha value is -1.76. The van der Waals surface area contributed by atoms with Gasteiger partial charge < -0.3 is 10.4 Å². The molecule has 0 radical (unpaired) electrons. The van der Waals surface area contributed by atoms with Crippen molar-refractivity contribution >= 4 is 23.4 Å². The first kappa shape index (κ1) is 14.6. The summed E-state index contributed by atoms with van der Waals surface area (Å²) in [5, 5.41) is 15.8. The number of aromatic nitrogens is 2. The summed E-state index contributed by atoms with van der Waals surface area (Å²) < 4.78 is 3.85. The molecule has 0 saturated carbocycles. The van der Waals surface area contributed by atoms with Gasteiger partial charge in [-0.3, -0.25) is 9.59 Å². The van der Waals surface area contributed by atoms with Gasteiger partial charge in [0.05, 0.1) is 11.6 Å². The number of carbonyl (C=O) groups excluding carboxylic acids is 1. The monoisotopic (exact) mass is 295 g/mol. The number of hydrogen-bond donors (Lipinski definition) is 2. The predicted octanol–water partition coefficient (Wildman–Crippen LogP) is 1.59. The highest BCUT2D eigenvalue weighted by Crippen LogP contribution is 2.26. The molecule has 1 aliphatic carbocycles. The van der Waals surface area contributed by atoms with Gasteiger partial charge in [0.15, 0.2) is 0 Å². The Labute approximate surface area is 121 Å². The van der Waals surface area contributed by atoms with Crippen molar-refractivity contribution in [3.63, 3.8) is 0 Å². The first-order valence-corrected chi connectivity index (χ1v) is 7.11. The van der Waals surface area contributed by atoms with Crippen LogP contribution in [0.2, 0.25) is 0 Å². The van der Waals surface area contributed by atoms with E-state index in [-0.39, 0.29) is 17.4 Å². The zero-order valence-electron chi connectivity index (χ0n) is 11.6. The van der Waals surface area contributed by atoms with Crippen molar-refractivity contribution in [3.8, 4) is 0 Å². The van der Waals surface area contributed by atoms with Crippen molar-refractivity contribution < 1.29 is 14.7 Å². The Morgan fingerprint density at radius 3 is 2.65 bits per heavy atom. The van der Waals surface area contributed by atoms with Crippen LogP contribution in [0.1, 0.15) is 42.6 Å². The fourth-order valence-corrected chi connectivity index (χ4v) is 2.83. The standard InChI is InChI=1S/C13H17N3O3S/c1-13(2,3)10-9(20-16-15-10)11(17)14-8-5-4-7(6-8)12(18)19/h4-5,7-8H,6H2,1-3H3,(H,14,17)(H,18,19). The third kappa shape index (κ3) is 3.04. The molecule has 108 valence electrons. The van der Waals surface area contributed by atoms with Crippen LogP contribution < -0.4 is 5.32 Å². The van der Waals surface area contributed by atoms with E-state index in [1.807, 2.05) is 20.8 Å². The Morgan fingerprint density at radius 2 is 2.10 bits per heavy atom. The van der Waals surface area contributed by atoms with Gasteiger partial charge in [0, 0.05) is 11.5 Å². The number of aliphatic carboxylic acids is 1. The fourth-order valence-electron chi connectivity index (χ4n) is 2.05. The zero-order valence-corrected chi connectivity index (χ0v) is 12.4. The first-order chi connectivity index (χ1) is 9.29. The van der Waals surface area contributed by atoms with Gasteiger partial charge in [-0.25, -0.2) is 0 Å². The lowest BCUT2D eigenvalue weighted by molar-refractivity contribution is -0.140. The average molecular weight is 295 g/mol. The highest BCUT2D eigenvalue weighted by Gasteiger charge is 2.29. The van der Waals surface area contributed by atoms with Crippen LogP contribution in [0, 0.1) is 5.92 Å². The van der Waals surface area contributed by atoms with Crippen molar-refractivity contribution in [2.24, 2.45) is 5.92 Å². The Balaban J connectivity index is 2.06. The van der Waals surface area contributed by atoms with E-state index in [1.54, 1.807) is 12.2 Å². The fraction of sp³-hybridized carbons (Fsp3) is 0.538. The minimum atomic E-state index is -0.868. The van der Waals surface area contributed by atoms with Crippen LogP contribution in [0.4, 0.5) is 0 Å². The predicted molar refractivity (Wildman–Crippen MR) is 74.7 cm³/mol. The quantitative estimate of drug-likeness (QED) is 0.826. The van der Waals surface area contributed by atoms with E-state index < -0.39 is 11.9 Å². The van der Waals surface area contributed by atoms with Crippen LogP contribution in [-0.4, -0.2) is 32.6 Å². The molecule has 2 atom stereocenters. The van der Waals surface area contributed by atoms with Crippen LogP contribution in [0.15, 0.2) is 12.2 Å². The average Bonchev–Trinajstić information content (AvgIpc) is 2.95. The number of carbonyl (C=O) groups is 2. The van der Waals surface area contributed by atoms with Crippen molar-refractivity contribution in [1.82, 2.24) is 14.9 Å². The maximum atomic E-state index is 12.2. The lowest BCUT2D eigenvalue weighted by Crippen LogP contribution is -2.34. The maximum Gasteiger partial charge on any atom is 0.310 e. The Morgan fingerprint density at radius 1 is 1.40 bits per heavy atom. The molecule has 0 bridgehead atoms. The van der Waals surface area contributed by atoms with Crippen molar-refractivity contribution in [1.29, 1.82) is 0 Å². The molecule has 2 N–H and O–H groups in total. The largest absolute Gasteiger partial charge is 0.481 e. The molecular weight excluding hydrogens is 278 g/mol. The molecule has 0 spiro atoms. The molecule has 0 aliphatic heterocycles. The highest BCUT2D eigenvalue weighted by molar-refractivity contribution is 7.08. The minimum Gasteiger partial charge on any atom is -0.481 e. The number of nitrogens with zero attached hydrogens (tertiary/aromatic N) is 2. The SMILES string of the molecule is CC(C)(C)c1nnsc1C(=O)NC1C=CC(C(=O)O)C1. The van der Waals surface area contributed by atoms with E-state index in [2.05, 4.69) is 14.9 Å². The zero-order chi connectivity index (χ0) is 14.9. The lowest BCUT2D eigenvalue weighted by atomic mass is 9.91. The normalized spacial score (nSPS) is 21.9. The molecule has 20 heavy (non-hydrogen) atoms. The van der Waals surface area contributed by atoms with Gasteiger partial charge in [0.25, 0.3) is 5.91 Å². The number of rotatable bonds is 3. The van der Waals surface area contributed by atoms with Crippen LogP contribution in [0.3, 0.4) is 0 Å². The number of carboxylic acids is 1. The summed E-state index contributed by atoms with van der Waals surface area (Å²) in [6, 6.07) is -0.251. The Kier molecular flexibility index (Phi) is 3.89. The summed E-state index contributed by atoms with van der Waals surface area (Å²) in [4.78, 5) is 23.6. The molecule has 6 nitrogen and oxygen atoms in total. The van der Waals surface area contributed by atoms with E-state index in [9.17, 15) is 9.59 Å². The highest BCUT2D eigenvalue weighted by atomic mass is 32.1. The summed E-state index contributed by atoms with van der Waals surface area (Å²) in [5.74, 6) is -1.64. The molecule has 1 aromatic rings. The lowest BCUT2D eigenvalue weighted by Gasteiger charge is -2.17. The van der Waals surface area contributed by atoms with E-state index in [4.69, 9.17) is 5.11 Å². The Bertz CT molecular complexity index is 559. The van der Waals surface area contributed by atoms with Gasteiger partial charge in [-0.2, -0.15) is 0 Å². The summed E-state index contributed by atoms with van der Waals surface area (Å²) in [6.07, 6.45) is 3.73.